The summed E-state index contributed by atoms with van der Waals surface area (Å²) in [5, 5.41) is 7.15. The van der Waals surface area contributed by atoms with Crippen molar-refractivity contribution in [3.63, 3.8) is 0 Å². The van der Waals surface area contributed by atoms with E-state index in [0.717, 1.165) is 21.3 Å². The van der Waals surface area contributed by atoms with Crippen LogP contribution in [-0.4, -0.2) is 22.8 Å². The molecule has 0 saturated heterocycles. The Hall–Kier alpha value is -2.60. The Labute approximate surface area is 154 Å². The van der Waals surface area contributed by atoms with E-state index < -0.39 is 0 Å². The predicted octanol–water partition coefficient (Wildman–Crippen LogP) is 3.63. The first-order chi connectivity index (χ1) is 12.2. The van der Waals surface area contributed by atoms with Gasteiger partial charge in [0.15, 0.2) is 0 Å². The van der Waals surface area contributed by atoms with E-state index in [1.807, 2.05) is 59.4 Å². The number of nitrogens with one attached hydrogen (secondary N) is 1. The van der Waals surface area contributed by atoms with Crippen LogP contribution in [0.1, 0.15) is 21.5 Å². The van der Waals surface area contributed by atoms with Crippen LogP contribution in [0.3, 0.4) is 0 Å². The molecule has 0 aliphatic heterocycles. The number of hydrogen-bond donors (Lipinski definition) is 1. The van der Waals surface area contributed by atoms with Crippen LogP contribution in [0, 0.1) is 0 Å². The monoisotopic (exact) mass is 399 g/mol. The highest BCUT2D eigenvalue weighted by atomic mass is 79.9. The van der Waals surface area contributed by atoms with Gasteiger partial charge < -0.3 is 10.1 Å². The highest BCUT2D eigenvalue weighted by molar-refractivity contribution is 9.10. The van der Waals surface area contributed by atoms with Crippen LogP contribution in [0.15, 0.2) is 65.4 Å². The summed E-state index contributed by atoms with van der Waals surface area (Å²) >= 11 is 3.38. The summed E-state index contributed by atoms with van der Waals surface area (Å²) < 4.78 is 8.07. The molecule has 1 amide bonds. The Bertz CT molecular complexity index is 859. The van der Waals surface area contributed by atoms with Crippen molar-refractivity contribution < 1.29 is 9.53 Å². The smallest absolute Gasteiger partial charge is 0.251 e. The highest BCUT2D eigenvalue weighted by Crippen LogP contribution is 2.17. The zero-order valence-corrected chi connectivity index (χ0v) is 15.4. The van der Waals surface area contributed by atoms with Gasteiger partial charge in [-0.1, -0.05) is 30.3 Å². The zero-order chi connectivity index (χ0) is 17.6. The maximum Gasteiger partial charge on any atom is 0.251 e. The highest BCUT2D eigenvalue weighted by Gasteiger charge is 2.08. The zero-order valence-electron chi connectivity index (χ0n) is 13.8. The molecule has 0 atom stereocenters. The first kappa shape index (κ1) is 17.2. The molecule has 0 radical (unpaired) electrons. The van der Waals surface area contributed by atoms with Crippen molar-refractivity contribution >= 4 is 21.8 Å². The second-order valence-electron chi connectivity index (χ2n) is 5.55. The molecule has 128 valence electrons. The molecule has 3 rings (SSSR count). The molecule has 1 heterocycles. The number of carbonyl (C=O) groups excluding carboxylic acids is 1. The Kier molecular flexibility index (Phi) is 5.50. The lowest BCUT2D eigenvalue weighted by Gasteiger charge is -2.10. The fraction of sp³-hybridized carbons (Fsp3) is 0.158. The summed E-state index contributed by atoms with van der Waals surface area (Å²) in [4.78, 5) is 12.3. The second-order valence-corrected chi connectivity index (χ2v) is 6.46. The van der Waals surface area contributed by atoms with E-state index in [0.29, 0.717) is 18.7 Å². The molecule has 0 aliphatic rings. The fourth-order valence-corrected chi connectivity index (χ4v) is 2.83. The average Bonchev–Trinajstić information content (AvgIpc) is 3.05. The molecule has 0 fully saturated rings. The Morgan fingerprint density at radius 2 is 1.96 bits per heavy atom. The number of rotatable bonds is 6. The Morgan fingerprint density at radius 3 is 2.64 bits per heavy atom. The third kappa shape index (κ3) is 4.48. The molecule has 25 heavy (non-hydrogen) atoms. The van der Waals surface area contributed by atoms with E-state index in [9.17, 15) is 4.79 Å². The molecule has 5 nitrogen and oxygen atoms in total. The minimum Gasteiger partial charge on any atom is -0.496 e. The van der Waals surface area contributed by atoms with Gasteiger partial charge in [0.25, 0.3) is 5.91 Å². The number of carbonyl (C=O) groups is 1. The van der Waals surface area contributed by atoms with Crippen LogP contribution in [0.5, 0.6) is 5.75 Å². The van der Waals surface area contributed by atoms with Crippen molar-refractivity contribution in [2.75, 3.05) is 7.11 Å². The molecule has 0 bridgehead atoms. The molecule has 1 aromatic heterocycles. The van der Waals surface area contributed by atoms with Crippen molar-refractivity contribution in [1.82, 2.24) is 15.1 Å². The molecule has 0 spiro atoms. The van der Waals surface area contributed by atoms with Crippen LogP contribution < -0.4 is 10.1 Å². The number of methoxy groups -OCH3 is 1. The van der Waals surface area contributed by atoms with Crippen LogP contribution in [0.25, 0.3) is 0 Å². The van der Waals surface area contributed by atoms with Crippen molar-refractivity contribution in [3.8, 4) is 5.75 Å². The molecule has 1 N–H and O–H groups in total. The van der Waals surface area contributed by atoms with Crippen molar-refractivity contribution in [2.45, 2.75) is 13.1 Å². The molecule has 3 aromatic rings. The molecule has 6 heteroatoms. The summed E-state index contributed by atoms with van der Waals surface area (Å²) in [5.74, 6) is 0.655. The van der Waals surface area contributed by atoms with Gasteiger partial charge in [0.2, 0.25) is 0 Å². The third-order valence-corrected chi connectivity index (χ3v) is 4.20. The van der Waals surface area contributed by atoms with Gasteiger partial charge >= 0.3 is 0 Å². The number of para-hydroxylation sites is 1. The number of halogens is 1. The van der Waals surface area contributed by atoms with Crippen LogP contribution in [0.4, 0.5) is 0 Å². The minimum atomic E-state index is -0.112. The summed E-state index contributed by atoms with van der Waals surface area (Å²) in [6, 6.07) is 15.2. The van der Waals surface area contributed by atoms with Crippen molar-refractivity contribution in [2.24, 2.45) is 0 Å². The first-order valence-electron chi connectivity index (χ1n) is 7.82. The Balaban J connectivity index is 1.60. The molecular formula is C19H18BrN3O2. The minimum absolute atomic E-state index is 0.112. The van der Waals surface area contributed by atoms with E-state index in [-0.39, 0.29) is 5.91 Å². The van der Waals surface area contributed by atoms with Gasteiger partial charge in [0.1, 0.15) is 5.75 Å². The SMILES string of the molecule is COc1ccccc1CNC(=O)c1ccc(Cn2cc(Br)cn2)cc1. The van der Waals surface area contributed by atoms with Gasteiger partial charge in [-0.25, -0.2) is 0 Å². The van der Waals surface area contributed by atoms with Crippen LogP contribution >= 0.6 is 15.9 Å². The standard InChI is InChI=1S/C19H18BrN3O2/c1-25-18-5-3-2-4-16(18)10-21-19(24)15-8-6-14(7-9-15)12-23-13-17(20)11-22-23/h2-9,11,13H,10,12H2,1H3,(H,21,24). The number of aromatic nitrogens is 2. The largest absolute Gasteiger partial charge is 0.496 e. The van der Waals surface area contributed by atoms with Crippen LogP contribution in [0.2, 0.25) is 0 Å². The lowest BCUT2D eigenvalue weighted by atomic mass is 10.1. The van der Waals surface area contributed by atoms with E-state index >= 15 is 0 Å². The second kappa shape index (κ2) is 7.98. The van der Waals surface area contributed by atoms with Gasteiger partial charge in [-0.05, 0) is 39.7 Å². The molecular weight excluding hydrogens is 382 g/mol. The summed E-state index contributed by atoms with van der Waals surface area (Å²) in [6.07, 6.45) is 3.66. The van der Waals surface area contributed by atoms with Gasteiger partial charge in [0.05, 0.1) is 24.3 Å². The number of hydrogen-bond acceptors (Lipinski definition) is 3. The van der Waals surface area contributed by atoms with Crippen molar-refractivity contribution in [3.05, 3.63) is 82.1 Å². The number of nitrogens with zero attached hydrogens (tertiary/aromatic N) is 2. The maximum atomic E-state index is 12.3. The Morgan fingerprint density at radius 1 is 1.20 bits per heavy atom. The quantitative estimate of drug-likeness (QED) is 0.688. The molecule has 2 aromatic carbocycles. The van der Waals surface area contributed by atoms with E-state index in [4.69, 9.17) is 4.74 Å². The van der Waals surface area contributed by atoms with Crippen molar-refractivity contribution in [1.29, 1.82) is 0 Å². The van der Waals surface area contributed by atoms with Gasteiger partial charge in [-0.15, -0.1) is 0 Å². The lowest BCUT2D eigenvalue weighted by molar-refractivity contribution is 0.0950. The fourth-order valence-electron chi connectivity index (χ4n) is 2.50. The third-order valence-electron chi connectivity index (χ3n) is 3.79. The normalized spacial score (nSPS) is 10.5. The lowest BCUT2D eigenvalue weighted by Crippen LogP contribution is -2.23. The molecule has 0 aliphatic carbocycles. The molecule has 0 saturated carbocycles. The number of ether oxygens (including phenoxy) is 1. The summed E-state index contributed by atoms with van der Waals surface area (Å²) in [7, 11) is 1.62. The average molecular weight is 400 g/mol. The van der Waals surface area contributed by atoms with E-state index in [1.165, 1.54) is 0 Å². The molecule has 0 unspecified atom stereocenters. The number of benzene rings is 2. The predicted molar refractivity (Wildman–Crippen MR) is 99.6 cm³/mol. The van der Waals surface area contributed by atoms with Gasteiger partial charge in [0, 0.05) is 23.9 Å². The van der Waals surface area contributed by atoms with Gasteiger partial charge in [-0.3, -0.25) is 9.48 Å². The van der Waals surface area contributed by atoms with E-state index in [1.54, 1.807) is 13.3 Å². The summed E-state index contributed by atoms with van der Waals surface area (Å²) in [6.45, 7) is 1.08. The van der Waals surface area contributed by atoms with Crippen LogP contribution in [-0.2, 0) is 13.1 Å². The summed E-state index contributed by atoms with van der Waals surface area (Å²) in [5.41, 5.74) is 2.65. The first-order valence-corrected chi connectivity index (χ1v) is 8.62. The number of amides is 1. The van der Waals surface area contributed by atoms with Gasteiger partial charge in [-0.2, -0.15) is 5.10 Å². The van der Waals surface area contributed by atoms with E-state index in [2.05, 4.69) is 26.3 Å². The maximum absolute atomic E-state index is 12.3. The topological polar surface area (TPSA) is 56.1 Å².